The first-order valence-electron chi connectivity index (χ1n) is 9.42. The number of anilines is 2. The maximum absolute atomic E-state index is 13.3. The van der Waals surface area contributed by atoms with Crippen molar-refractivity contribution in [2.45, 2.75) is 18.2 Å². The summed E-state index contributed by atoms with van der Waals surface area (Å²) < 4.78 is 38.8. The predicted molar refractivity (Wildman–Crippen MR) is 125 cm³/mol. The molecular formula is C19H25N6NaO7S. The molecule has 1 aromatic carbocycles. The average molecular weight is 505 g/mol. The number of carbonyl (C=O) groups excluding carboxylic acids is 3. The van der Waals surface area contributed by atoms with Crippen molar-refractivity contribution < 1.29 is 32.3 Å². The fourth-order valence-electron chi connectivity index (χ4n) is 2.62. The average Bonchev–Trinajstić information content (AvgIpc) is 2.76. The Kier molecular flexibility index (Phi) is 10.2. The van der Waals surface area contributed by atoms with Crippen LogP contribution in [0.5, 0.6) is 11.8 Å². The fourth-order valence-corrected chi connectivity index (χ4v) is 3.81. The topological polar surface area (TPSA) is 183 Å². The molecule has 0 saturated heterocycles. The summed E-state index contributed by atoms with van der Waals surface area (Å²) in [6.45, 7) is 1.58. The van der Waals surface area contributed by atoms with Crippen molar-refractivity contribution in [2.75, 3.05) is 38.4 Å². The van der Waals surface area contributed by atoms with Crippen molar-refractivity contribution in [3.05, 3.63) is 29.3 Å². The first kappa shape index (κ1) is 29.1. The molecule has 180 valence electrons. The van der Waals surface area contributed by atoms with Crippen LogP contribution in [0.4, 0.5) is 11.6 Å². The van der Waals surface area contributed by atoms with Crippen LogP contribution >= 0.6 is 0 Å². The second-order valence-electron chi connectivity index (χ2n) is 6.74. The van der Waals surface area contributed by atoms with E-state index < -0.39 is 49.7 Å². The van der Waals surface area contributed by atoms with Crippen molar-refractivity contribution >= 4 is 68.9 Å². The molecule has 0 unspecified atom stereocenters. The monoisotopic (exact) mass is 504 g/mol. The fraction of sp³-hybridized carbons (Fsp3) is 0.316. The summed E-state index contributed by atoms with van der Waals surface area (Å²) in [6.07, 6.45) is 0.0854. The van der Waals surface area contributed by atoms with Gasteiger partial charge in [-0.15, -0.1) is 0 Å². The Hall–Kier alpha value is -2.94. The standard InChI is InChI=1S/C19H24N6O7S.Na.H/c1-6-13(26)21-10-7-11(17(20)27)16(18(28)25(2)3)12(8-10)33(29,30)24-19-22-14(31-4)9-15(23-19)32-5;;/h7-9H,6H2,1-5H3,(H2,20,27)(H,21,26)(H,22,23,24);;. The zero-order valence-corrected chi connectivity index (χ0v) is 19.4. The molecule has 15 heteroatoms. The summed E-state index contributed by atoms with van der Waals surface area (Å²) in [5.74, 6) is -2.73. The van der Waals surface area contributed by atoms with Gasteiger partial charge >= 0.3 is 29.6 Å². The summed E-state index contributed by atoms with van der Waals surface area (Å²) in [5, 5.41) is 2.46. The van der Waals surface area contributed by atoms with Gasteiger partial charge in [-0.05, 0) is 12.1 Å². The molecule has 0 aliphatic carbocycles. The number of hydrogen-bond acceptors (Lipinski definition) is 9. The van der Waals surface area contributed by atoms with E-state index in [4.69, 9.17) is 15.2 Å². The summed E-state index contributed by atoms with van der Waals surface area (Å²) >= 11 is 0. The van der Waals surface area contributed by atoms with Crippen molar-refractivity contribution in [1.29, 1.82) is 0 Å². The minimum absolute atomic E-state index is 0. The van der Waals surface area contributed by atoms with Crippen LogP contribution in [0.2, 0.25) is 0 Å². The number of primary amides is 1. The van der Waals surface area contributed by atoms with Crippen LogP contribution in [-0.2, 0) is 14.8 Å². The summed E-state index contributed by atoms with van der Waals surface area (Å²) in [7, 11) is 0.788. The molecule has 0 radical (unpaired) electrons. The van der Waals surface area contributed by atoms with Gasteiger partial charge in [-0.3, -0.25) is 14.4 Å². The summed E-state index contributed by atoms with van der Waals surface area (Å²) in [6, 6.07) is 3.50. The van der Waals surface area contributed by atoms with Gasteiger partial charge in [-0.25, -0.2) is 13.1 Å². The first-order valence-corrected chi connectivity index (χ1v) is 10.9. The number of benzene rings is 1. The van der Waals surface area contributed by atoms with E-state index in [1.165, 1.54) is 34.4 Å². The van der Waals surface area contributed by atoms with Gasteiger partial charge in [0.15, 0.2) is 0 Å². The van der Waals surface area contributed by atoms with Crippen LogP contribution in [0.3, 0.4) is 0 Å². The van der Waals surface area contributed by atoms with Crippen LogP contribution in [0.25, 0.3) is 0 Å². The van der Waals surface area contributed by atoms with Crippen LogP contribution in [0.15, 0.2) is 23.1 Å². The van der Waals surface area contributed by atoms with Crippen LogP contribution < -0.4 is 25.2 Å². The Morgan fingerprint density at radius 2 is 1.62 bits per heavy atom. The van der Waals surface area contributed by atoms with E-state index in [9.17, 15) is 22.8 Å². The van der Waals surface area contributed by atoms with Gasteiger partial charge < -0.3 is 25.4 Å². The molecule has 1 aromatic heterocycles. The molecule has 2 rings (SSSR count). The molecule has 0 saturated carbocycles. The van der Waals surface area contributed by atoms with Gasteiger partial charge in [0.25, 0.3) is 15.9 Å². The van der Waals surface area contributed by atoms with Crippen LogP contribution in [0.1, 0.15) is 34.1 Å². The third-order valence-electron chi connectivity index (χ3n) is 4.21. The number of methoxy groups -OCH3 is 2. The molecule has 34 heavy (non-hydrogen) atoms. The van der Waals surface area contributed by atoms with E-state index in [0.29, 0.717) is 0 Å². The molecule has 2 aromatic rings. The van der Waals surface area contributed by atoms with Crippen molar-refractivity contribution in [1.82, 2.24) is 14.9 Å². The summed E-state index contributed by atoms with van der Waals surface area (Å²) in [5.41, 5.74) is 4.51. The van der Waals surface area contributed by atoms with Crippen LogP contribution in [0, 0.1) is 0 Å². The van der Waals surface area contributed by atoms with E-state index in [-0.39, 0.29) is 53.4 Å². The van der Waals surface area contributed by atoms with E-state index in [1.54, 1.807) is 6.92 Å². The maximum atomic E-state index is 13.3. The number of aromatic nitrogens is 2. The molecule has 0 aliphatic rings. The van der Waals surface area contributed by atoms with Gasteiger partial charge in [0.05, 0.1) is 31.4 Å². The third-order valence-corrected chi connectivity index (χ3v) is 5.56. The van der Waals surface area contributed by atoms with E-state index in [2.05, 4.69) is 20.0 Å². The Morgan fingerprint density at radius 1 is 1.06 bits per heavy atom. The molecule has 3 amide bonds. The number of nitrogens with zero attached hydrogens (tertiary/aromatic N) is 3. The molecule has 0 aliphatic heterocycles. The first-order chi connectivity index (χ1) is 15.4. The molecule has 0 spiro atoms. The number of carbonyl (C=O) groups is 3. The Bertz CT molecular complexity index is 1180. The number of sulfonamides is 1. The predicted octanol–water partition coefficient (Wildman–Crippen LogP) is -0.205. The summed E-state index contributed by atoms with van der Waals surface area (Å²) in [4.78, 5) is 45.1. The van der Waals surface area contributed by atoms with Gasteiger partial charge in [0, 0.05) is 26.2 Å². The second kappa shape index (κ2) is 12.0. The number of ether oxygens (including phenoxy) is 2. The Labute approximate surface area is 218 Å². The molecule has 13 nitrogen and oxygen atoms in total. The van der Waals surface area contributed by atoms with E-state index in [0.717, 1.165) is 17.0 Å². The van der Waals surface area contributed by atoms with Gasteiger partial charge in [0.2, 0.25) is 29.5 Å². The van der Waals surface area contributed by atoms with Crippen molar-refractivity contribution in [2.24, 2.45) is 5.73 Å². The van der Waals surface area contributed by atoms with Gasteiger partial charge in [0.1, 0.15) is 4.90 Å². The van der Waals surface area contributed by atoms with Gasteiger partial charge in [-0.2, -0.15) is 9.97 Å². The molecule has 4 N–H and O–H groups in total. The minimum atomic E-state index is -4.59. The number of rotatable bonds is 9. The number of nitrogens with two attached hydrogens (primary N) is 1. The molecular weight excluding hydrogens is 479 g/mol. The SMILES string of the molecule is CCC(=O)Nc1cc(C(N)=O)c(C(=O)N(C)C)c(S(=O)(=O)Nc2nc(OC)cc(OC)n2)c1.[NaH]. The van der Waals surface area contributed by atoms with E-state index >= 15 is 0 Å². The Morgan fingerprint density at radius 3 is 2.06 bits per heavy atom. The van der Waals surface area contributed by atoms with E-state index in [1.807, 2.05) is 0 Å². The third kappa shape index (κ3) is 6.79. The zero-order valence-electron chi connectivity index (χ0n) is 18.6. The normalized spacial score (nSPS) is 10.5. The number of amides is 3. The molecule has 0 atom stereocenters. The quantitative estimate of drug-likeness (QED) is 0.389. The van der Waals surface area contributed by atoms with Gasteiger partial charge in [-0.1, -0.05) is 6.92 Å². The molecule has 0 fully saturated rings. The molecule has 1 heterocycles. The number of hydrogen-bond donors (Lipinski definition) is 3. The molecule has 0 bridgehead atoms. The van der Waals surface area contributed by atoms with Crippen molar-refractivity contribution in [3.8, 4) is 11.8 Å². The number of nitrogens with one attached hydrogen (secondary N) is 2. The van der Waals surface area contributed by atoms with Crippen molar-refractivity contribution in [3.63, 3.8) is 0 Å². The second-order valence-corrected chi connectivity index (χ2v) is 8.40. The Balaban J connectivity index is 0.00000578. The zero-order chi connectivity index (χ0) is 24.9. The van der Waals surface area contributed by atoms with Crippen LogP contribution in [-0.4, -0.2) is 98.9 Å².